The third kappa shape index (κ3) is 3.85. The van der Waals surface area contributed by atoms with Gasteiger partial charge in [-0.2, -0.15) is 31.8 Å². The number of fused-ring (bicyclic) bond motifs is 1. The second-order valence-electron chi connectivity index (χ2n) is 6.79. The molecule has 0 amide bonds. The molecule has 0 saturated carbocycles. The minimum absolute atomic E-state index is 0.192. The van der Waals surface area contributed by atoms with Crippen LogP contribution >= 0.6 is 0 Å². The maximum absolute atomic E-state index is 13.0. The van der Waals surface area contributed by atoms with E-state index in [4.69, 9.17) is 0 Å². The van der Waals surface area contributed by atoms with Crippen LogP contribution in [0.3, 0.4) is 0 Å². The fourth-order valence-electron chi connectivity index (χ4n) is 3.18. The summed E-state index contributed by atoms with van der Waals surface area (Å²) in [6.07, 6.45) is 0.341. The summed E-state index contributed by atoms with van der Waals surface area (Å²) in [5.74, 6) is 0. The molecule has 3 aromatic heterocycles. The van der Waals surface area contributed by atoms with Crippen molar-refractivity contribution in [3.63, 3.8) is 0 Å². The molecule has 1 aromatic carbocycles. The van der Waals surface area contributed by atoms with Crippen molar-refractivity contribution in [2.45, 2.75) is 24.5 Å². The quantitative estimate of drug-likeness (QED) is 0.502. The molecule has 0 spiro atoms. The summed E-state index contributed by atoms with van der Waals surface area (Å²) in [6.45, 7) is 1.90. The molecule has 31 heavy (non-hydrogen) atoms. The fraction of sp³-hybridized carbons (Fsp3) is 0.211. The topological polar surface area (TPSA) is 94.7 Å². The van der Waals surface area contributed by atoms with Gasteiger partial charge < -0.3 is 0 Å². The SMILES string of the molecule is CCc1ccc2cnn(C)c2c1NS(=O)(=O)c1ccc(-n2cc(C(F)(F)F)cn2)cn1. The van der Waals surface area contributed by atoms with Gasteiger partial charge in [-0.15, -0.1) is 0 Å². The molecular formula is C19H17F3N6O2S. The van der Waals surface area contributed by atoms with E-state index in [1.165, 1.54) is 12.1 Å². The number of halogens is 3. The summed E-state index contributed by atoms with van der Waals surface area (Å²) < 4.78 is 69.3. The van der Waals surface area contributed by atoms with Crippen LogP contribution in [0, 0.1) is 0 Å². The molecule has 12 heteroatoms. The van der Waals surface area contributed by atoms with Gasteiger partial charge in [0.2, 0.25) is 0 Å². The maximum Gasteiger partial charge on any atom is 0.419 e. The minimum atomic E-state index is -4.53. The summed E-state index contributed by atoms with van der Waals surface area (Å²) >= 11 is 0. The second kappa shape index (κ2) is 7.38. The summed E-state index contributed by atoms with van der Waals surface area (Å²) in [7, 11) is -2.35. The molecule has 0 bridgehead atoms. The van der Waals surface area contributed by atoms with Gasteiger partial charge >= 0.3 is 6.18 Å². The average Bonchev–Trinajstić information content (AvgIpc) is 3.36. The summed E-state index contributed by atoms with van der Waals surface area (Å²) in [5.41, 5.74) is 1.11. The van der Waals surface area contributed by atoms with E-state index in [-0.39, 0.29) is 10.7 Å². The Hall–Kier alpha value is -3.41. The first kappa shape index (κ1) is 20.8. The van der Waals surface area contributed by atoms with E-state index < -0.39 is 21.8 Å². The molecule has 0 radical (unpaired) electrons. The number of anilines is 1. The molecule has 8 nitrogen and oxygen atoms in total. The van der Waals surface area contributed by atoms with Gasteiger partial charge in [-0.05, 0) is 24.1 Å². The molecule has 0 aliphatic rings. The molecule has 162 valence electrons. The van der Waals surface area contributed by atoms with E-state index in [0.29, 0.717) is 23.8 Å². The lowest BCUT2D eigenvalue weighted by Crippen LogP contribution is -2.16. The lowest BCUT2D eigenvalue weighted by Gasteiger charge is -2.14. The van der Waals surface area contributed by atoms with Crippen LogP contribution in [0.15, 0.2) is 54.1 Å². The molecule has 0 unspecified atom stereocenters. The van der Waals surface area contributed by atoms with Gasteiger partial charge in [-0.1, -0.05) is 19.1 Å². The molecule has 3 heterocycles. The number of pyridine rings is 1. The Kier molecular flexibility index (Phi) is 4.96. The van der Waals surface area contributed by atoms with Crippen molar-refractivity contribution in [3.8, 4) is 5.69 Å². The number of nitrogens with one attached hydrogen (secondary N) is 1. The van der Waals surface area contributed by atoms with Crippen LogP contribution in [0.4, 0.5) is 18.9 Å². The highest BCUT2D eigenvalue weighted by Crippen LogP contribution is 2.30. The van der Waals surface area contributed by atoms with Gasteiger partial charge in [-0.25, -0.2) is 9.67 Å². The number of rotatable bonds is 5. The van der Waals surface area contributed by atoms with Crippen LogP contribution in [0.5, 0.6) is 0 Å². The number of hydrogen-bond acceptors (Lipinski definition) is 5. The average molecular weight is 450 g/mol. The van der Waals surface area contributed by atoms with Crippen molar-refractivity contribution >= 4 is 26.6 Å². The zero-order valence-corrected chi connectivity index (χ0v) is 17.2. The Bertz CT molecular complexity index is 1360. The number of nitrogens with zero attached hydrogens (tertiary/aromatic N) is 5. The van der Waals surface area contributed by atoms with E-state index in [1.807, 2.05) is 19.1 Å². The molecule has 1 N–H and O–H groups in total. The van der Waals surface area contributed by atoms with Gasteiger partial charge in [0.05, 0.1) is 41.0 Å². The second-order valence-corrected chi connectivity index (χ2v) is 8.42. The highest BCUT2D eigenvalue weighted by atomic mass is 32.2. The van der Waals surface area contributed by atoms with Crippen LogP contribution in [0.1, 0.15) is 18.1 Å². The Labute approximate surface area is 175 Å². The molecule has 0 fully saturated rings. The first-order valence-corrected chi connectivity index (χ1v) is 10.6. The van der Waals surface area contributed by atoms with E-state index in [0.717, 1.165) is 28.0 Å². The number of aromatic nitrogens is 5. The molecule has 0 aliphatic heterocycles. The lowest BCUT2D eigenvalue weighted by atomic mass is 10.1. The van der Waals surface area contributed by atoms with Crippen LogP contribution in [-0.4, -0.2) is 33.0 Å². The van der Waals surface area contributed by atoms with Crippen LogP contribution in [-0.2, 0) is 29.7 Å². The number of alkyl halides is 3. The number of aryl methyl sites for hydroxylation is 2. The van der Waals surface area contributed by atoms with Crippen molar-refractivity contribution in [1.82, 2.24) is 24.5 Å². The third-order valence-electron chi connectivity index (χ3n) is 4.78. The minimum Gasteiger partial charge on any atom is -0.276 e. The molecule has 4 rings (SSSR count). The third-order valence-corrected chi connectivity index (χ3v) is 6.04. The first-order valence-electron chi connectivity index (χ1n) is 9.15. The summed E-state index contributed by atoms with van der Waals surface area (Å²) in [4.78, 5) is 3.93. The summed E-state index contributed by atoms with van der Waals surface area (Å²) in [5, 5.41) is 8.33. The smallest absolute Gasteiger partial charge is 0.276 e. The van der Waals surface area contributed by atoms with Crippen molar-refractivity contribution in [2.24, 2.45) is 7.05 Å². The Morgan fingerprint density at radius 2 is 1.84 bits per heavy atom. The van der Waals surface area contributed by atoms with E-state index in [2.05, 4.69) is 19.9 Å². The number of benzene rings is 1. The zero-order valence-electron chi connectivity index (χ0n) is 16.4. The van der Waals surface area contributed by atoms with Crippen LogP contribution in [0.25, 0.3) is 16.6 Å². The lowest BCUT2D eigenvalue weighted by molar-refractivity contribution is -0.137. The monoisotopic (exact) mass is 450 g/mol. The summed E-state index contributed by atoms with van der Waals surface area (Å²) in [6, 6.07) is 6.24. The molecule has 0 aliphatic carbocycles. The normalized spacial score (nSPS) is 12.4. The van der Waals surface area contributed by atoms with Crippen LogP contribution in [0.2, 0.25) is 0 Å². The van der Waals surface area contributed by atoms with Gasteiger partial charge in [0.25, 0.3) is 10.0 Å². The van der Waals surface area contributed by atoms with Crippen LogP contribution < -0.4 is 4.72 Å². The fourth-order valence-corrected chi connectivity index (χ4v) is 4.22. The van der Waals surface area contributed by atoms with E-state index in [9.17, 15) is 21.6 Å². The predicted molar refractivity (Wildman–Crippen MR) is 107 cm³/mol. The van der Waals surface area contributed by atoms with Gasteiger partial charge in [0, 0.05) is 18.6 Å². The Balaban J connectivity index is 1.67. The van der Waals surface area contributed by atoms with E-state index >= 15 is 0 Å². The molecule has 0 saturated heterocycles. The van der Waals surface area contributed by atoms with Gasteiger partial charge in [-0.3, -0.25) is 9.40 Å². The van der Waals surface area contributed by atoms with Gasteiger partial charge in [0.15, 0.2) is 5.03 Å². The van der Waals surface area contributed by atoms with Crippen molar-refractivity contribution in [2.75, 3.05) is 4.72 Å². The Morgan fingerprint density at radius 1 is 1.06 bits per heavy atom. The predicted octanol–water partition coefficient (Wildman–Crippen LogP) is 3.54. The largest absolute Gasteiger partial charge is 0.419 e. The van der Waals surface area contributed by atoms with Crippen molar-refractivity contribution in [3.05, 3.63) is 60.2 Å². The molecule has 4 aromatic rings. The van der Waals surface area contributed by atoms with E-state index in [1.54, 1.807) is 17.9 Å². The van der Waals surface area contributed by atoms with Gasteiger partial charge in [0.1, 0.15) is 0 Å². The highest BCUT2D eigenvalue weighted by molar-refractivity contribution is 7.92. The van der Waals surface area contributed by atoms with Crippen molar-refractivity contribution in [1.29, 1.82) is 0 Å². The Morgan fingerprint density at radius 3 is 2.45 bits per heavy atom. The maximum atomic E-state index is 13.0. The zero-order chi connectivity index (χ0) is 22.4. The standard InChI is InChI=1S/C19H17F3N6O2S/c1-3-12-4-5-13-8-24-27(2)18(13)17(12)26-31(29,30)16-7-6-15(10-23-16)28-11-14(9-25-28)19(20,21)22/h4-11,26H,3H2,1-2H3. The number of sulfonamides is 1. The molecular weight excluding hydrogens is 433 g/mol. The van der Waals surface area contributed by atoms with Crippen molar-refractivity contribution < 1.29 is 21.6 Å². The molecule has 0 atom stereocenters. The first-order chi connectivity index (χ1) is 14.6. The highest BCUT2D eigenvalue weighted by Gasteiger charge is 2.32. The number of hydrogen-bond donors (Lipinski definition) is 1.